The van der Waals surface area contributed by atoms with E-state index in [4.69, 9.17) is 0 Å². The first-order valence-electron chi connectivity index (χ1n) is 8.30. The number of aromatic nitrogens is 3. The molecule has 128 valence electrons. The van der Waals surface area contributed by atoms with Crippen LogP contribution in [0.25, 0.3) is 11.0 Å². The zero-order chi connectivity index (χ0) is 17.4. The minimum atomic E-state index is -1.01. The molecule has 0 aromatic carbocycles. The number of pyridine rings is 1. The Morgan fingerprint density at radius 1 is 1.46 bits per heavy atom. The van der Waals surface area contributed by atoms with E-state index in [9.17, 15) is 14.7 Å². The van der Waals surface area contributed by atoms with Crippen LogP contribution in [-0.2, 0) is 11.8 Å². The van der Waals surface area contributed by atoms with Crippen LogP contribution in [-0.4, -0.2) is 37.8 Å². The van der Waals surface area contributed by atoms with Crippen molar-refractivity contribution in [3.8, 4) is 0 Å². The third kappa shape index (κ3) is 2.98. The molecule has 1 amide bonds. The molecule has 1 aliphatic rings. The second-order valence-corrected chi connectivity index (χ2v) is 6.43. The Morgan fingerprint density at radius 2 is 2.17 bits per heavy atom. The Morgan fingerprint density at radius 3 is 2.75 bits per heavy atom. The molecule has 1 atom stereocenters. The second kappa shape index (κ2) is 6.22. The molecule has 1 aliphatic carbocycles. The third-order valence-corrected chi connectivity index (χ3v) is 4.41. The summed E-state index contributed by atoms with van der Waals surface area (Å²) in [5.41, 5.74) is 2.74. The van der Waals surface area contributed by atoms with Gasteiger partial charge in [-0.1, -0.05) is 13.3 Å². The molecule has 1 unspecified atom stereocenters. The van der Waals surface area contributed by atoms with Gasteiger partial charge in [-0.25, -0.2) is 9.78 Å². The van der Waals surface area contributed by atoms with Gasteiger partial charge < -0.3 is 10.4 Å². The monoisotopic (exact) mass is 330 g/mol. The molecule has 7 heteroatoms. The third-order valence-electron chi connectivity index (χ3n) is 4.41. The lowest BCUT2D eigenvalue weighted by Crippen LogP contribution is -2.40. The fraction of sp³-hybridized carbons (Fsp3) is 0.529. The van der Waals surface area contributed by atoms with Crippen LogP contribution < -0.4 is 5.32 Å². The van der Waals surface area contributed by atoms with Crippen LogP contribution in [0.15, 0.2) is 6.07 Å². The van der Waals surface area contributed by atoms with Crippen LogP contribution in [0.4, 0.5) is 0 Å². The number of carbonyl (C=O) groups excluding carboxylic acids is 1. The first-order chi connectivity index (χ1) is 11.4. The fourth-order valence-corrected chi connectivity index (χ4v) is 3.01. The van der Waals surface area contributed by atoms with Gasteiger partial charge in [0.05, 0.1) is 16.6 Å². The maximum Gasteiger partial charge on any atom is 0.326 e. The number of rotatable bonds is 6. The number of nitrogens with zero attached hydrogens (tertiary/aromatic N) is 3. The summed E-state index contributed by atoms with van der Waals surface area (Å²) >= 11 is 0. The Kier molecular flexibility index (Phi) is 4.26. The Hall–Kier alpha value is -2.44. The molecular formula is C17H22N4O3. The van der Waals surface area contributed by atoms with Gasteiger partial charge in [0.15, 0.2) is 5.65 Å². The number of hydrogen-bond donors (Lipinski definition) is 2. The molecule has 0 bridgehead atoms. The molecule has 2 aromatic heterocycles. The Balaban J connectivity index is 2.03. The van der Waals surface area contributed by atoms with Gasteiger partial charge in [0.25, 0.3) is 5.91 Å². The summed E-state index contributed by atoms with van der Waals surface area (Å²) in [6.45, 7) is 3.72. The van der Waals surface area contributed by atoms with Gasteiger partial charge in [-0.05, 0) is 32.3 Å². The van der Waals surface area contributed by atoms with Crippen LogP contribution in [0, 0.1) is 6.92 Å². The summed E-state index contributed by atoms with van der Waals surface area (Å²) in [4.78, 5) is 28.8. The summed E-state index contributed by atoms with van der Waals surface area (Å²) in [5.74, 6) is -0.996. The van der Waals surface area contributed by atoms with E-state index in [2.05, 4.69) is 15.4 Å². The molecular weight excluding hydrogens is 308 g/mol. The van der Waals surface area contributed by atoms with Gasteiger partial charge in [0.1, 0.15) is 6.04 Å². The molecule has 2 aromatic rings. The van der Waals surface area contributed by atoms with Crippen molar-refractivity contribution in [2.45, 2.75) is 51.5 Å². The van der Waals surface area contributed by atoms with E-state index in [1.165, 1.54) is 0 Å². The normalized spacial score (nSPS) is 15.5. The Labute approximate surface area is 140 Å². The second-order valence-electron chi connectivity index (χ2n) is 6.43. The van der Waals surface area contributed by atoms with Crippen LogP contribution in [0.1, 0.15) is 60.3 Å². The van der Waals surface area contributed by atoms with Gasteiger partial charge in [-0.3, -0.25) is 9.48 Å². The van der Waals surface area contributed by atoms with E-state index in [0.29, 0.717) is 35.4 Å². The van der Waals surface area contributed by atoms with Gasteiger partial charge in [-0.2, -0.15) is 5.10 Å². The zero-order valence-corrected chi connectivity index (χ0v) is 14.2. The highest BCUT2D eigenvalue weighted by molar-refractivity contribution is 6.07. The zero-order valence-electron chi connectivity index (χ0n) is 14.2. The Bertz CT molecular complexity index is 808. The van der Waals surface area contributed by atoms with E-state index in [0.717, 1.165) is 24.2 Å². The highest BCUT2D eigenvalue weighted by Crippen LogP contribution is 2.40. The molecule has 0 radical (unpaired) electrons. The summed E-state index contributed by atoms with van der Waals surface area (Å²) in [5, 5.41) is 17.0. The lowest BCUT2D eigenvalue weighted by molar-refractivity contribution is -0.139. The molecule has 24 heavy (non-hydrogen) atoms. The highest BCUT2D eigenvalue weighted by atomic mass is 16.4. The largest absolute Gasteiger partial charge is 0.480 e. The molecule has 0 saturated heterocycles. The fourth-order valence-electron chi connectivity index (χ4n) is 3.01. The number of carbonyl (C=O) groups is 2. The van der Waals surface area contributed by atoms with E-state index < -0.39 is 12.0 Å². The van der Waals surface area contributed by atoms with Gasteiger partial charge in [-0.15, -0.1) is 0 Å². The van der Waals surface area contributed by atoms with Gasteiger partial charge in [0.2, 0.25) is 0 Å². The SMILES string of the molecule is CCCC(NC(=O)c1cc(C2CC2)nc2c1c(C)nn2C)C(=O)O. The molecule has 3 rings (SSSR count). The average molecular weight is 330 g/mol. The summed E-state index contributed by atoms with van der Waals surface area (Å²) in [6, 6.07) is 0.918. The molecule has 1 saturated carbocycles. The maximum absolute atomic E-state index is 12.8. The predicted octanol–water partition coefficient (Wildman–Crippen LogP) is 2.14. The smallest absolute Gasteiger partial charge is 0.326 e. The van der Waals surface area contributed by atoms with Crippen molar-refractivity contribution < 1.29 is 14.7 Å². The van der Waals surface area contributed by atoms with Crippen LogP contribution in [0.2, 0.25) is 0 Å². The standard InChI is InChI=1S/C17H22N4O3/c1-4-5-12(17(23)24)19-16(22)11-8-13(10-6-7-10)18-15-14(11)9(2)20-21(15)3/h8,10,12H,4-7H2,1-3H3,(H,19,22)(H,23,24). The minimum absolute atomic E-state index is 0.374. The molecule has 0 spiro atoms. The van der Waals surface area contributed by atoms with Crippen LogP contribution in [0.3, 0.4) is 0 Å². The highest BCUT2D eigenvalue weighted by Gasteiger charge is 2.29. The molecule has 1 fully saturated rings. The minimum Gasteiger partial charge on any atom is -0.480 e. The maximum atomic E-state index is 12.8. The topological polar surface area (TPSA) is 97.1 Å². The van der Waals surface area contributed by atoms with Crippen LogP contribution in [0.5, 0.6) is 0 Å². The lowest BCUT2D eigenvalue weighted by atomic mass is 10.1. The van der Waals surface area contributed by atoms with Crippen molar-refractivity contribution in [3.63, 3.8) is 0 Å². The van der Waals surface area contributed by atoms with Crippen LogP contribution >= 0.6 is 0 Å². The van der Waals surface area contributed by atoms with E-state index >= 15 is 0 Å². The van der Waals surface area contributed by atoms with Gasteiger partial charge >= 0.3 is 5.97 Å². The number of carboxylic acid groups (broad SMARTS) is 1. The quantitative estimate of drug-likeness (QED) is 0.846. The summed E-state index contributed by atoms with van der Waals surface area (Å²) in [7, 11) is 1.80. The van der Waals surface area contributed by atoms with Crippen molar-refractivity contribution in [1.82, 2.24) is 20.1 Å². The van der Waals surface area contributed by atoms with Crippen molar-refractivity contribution >= 4 is 22.9 Å². The molecule has 0 aliphatic heterocycles. The van der Waals surface area contributed by atoms with Gasteiger partial charge in [0, 0.05) is 18.7 Å². The number of nitrogens with one attached hydrogen (secondary N) is 1. The van der Waals surface area contributed by atoms with E-state index in [-0.39, 0.29) is 5.91 Å². The number of carboxylic acids is 1. The van der Waals surface area contributed by atoms with E-state index in [1.54, 1.807) is 17.8 Å². The first-order valence-corrected chi connectivity index (χ1v) is 8.30. The number of fused-ring (bicyclic) bond motifs is 1. The first kappa shape index (κ1) is 16.4. The summed E-state index contributed by atoms with van der Waals surface area (Å²) in [6.07, 6.45) is 3.23. The van der Waals surface area contributed by atoms with Crippen molar-refractivity contribution in [1.29, 1.82) is 0 Å². The summed E-state index contributed by atoms with van der Waals surface area (Å²) < 4.78 is 1.67. The number of hydrogen-bond acceptors (Lipinski definition) is 4. The molecule has 2 heterocycles. The van der Waals surface area contributed by atoms with Crippen molar-refractivity contribution in [2.75, 3.05) is 0 Å². The lowest BCUT2D eigenvalue weighted by Gasteiger charge is -2.14. The van der Waals surface area contributed by atoms with Crippen molar-refractivity contribution in [2.24, 2.45) is 7.05 Å². The van der Waals surface area contributed by atoms with Crippen molar-refractivity contribution in [3.05, 3.63) is 23.0 Å². The number of aryl methyl sites for hydroxylation is 2. The molecule has 7 nitrogen and oxygen atoms in total. The predicted molar refractivity (Wildman–Crippen MR) is 89.0 cm³/mol. The van der Waals surface area contributed by atoms with E-state index in [1.807, 2.05) is 13.8 Å². The average Bonchev–Trinajstić information content (AvgIpc) is 3.33. The number of aliphatic carboxylic acids is 1. The molecule has 2 N–H and O–H groups in total. The number of amides is 1.